The van der Waals surface area contributed by atoms with E-state index in [1.54, 1.807) is 7.11 Å². The minimum Gasteiger partial charge on any atom is -0.497 e. The first-order valence-corrected chi connectivity index (χ1v) is 6.53. The van der Waals surface area contributed by atoms with Crippen molar-refractivity contribution >= 4 is 23.1 Å². The Morgan fingerprint density at radius 2 is 1.70 bits per heavy atom. The van der Waals surface area contributed by atoms with Crippen LogP contribution in [0, 0.1) is 0 Å². The molecule has 0 bridgehead atoms. The highest BCUT2D eigenvalue weighted by Gasteiger charge is 1.98. The Morgan fingerprint density at radius 3 is 2.50 bits per heavy atom. The van der Waals surface area contributed by atoms with Crippen LogP contribution in [0.1, 0.15) is 11.3 Å². The zero-order chi connectivity index (χ0) is 13.8. The van der Waals surface area contributed by atoms with Crippen LogP contribution < -0.4 is 4.74 Å². The Morgan fingerprint density at radius 1 is 0.900 bits per heavy atom. The van der Waals surface area contributed by atoms with Crippen LogP contribution in [0.5, 0.6) is 5.75 Å². The number of benzene rings is 2. The summed E-state index contributed by atoms with van der Waals surface area (Å²) in [6.45, 7) is 0. The van der Waals surface area contributed by atoms with Gasteiger partial charge in [-0.3, -0.25) is 0 Å². The molecule has 0 radical (unpaired) electrons. The third kappa shape index (κ3) is 2.69. The van der Waals surface area contributed by atoms with Crippen LogP contribution in [0.15, 0.2) is 60.7 Å². The molecule has 3 rings (SSSR count). The van der Waals surface area contributed by atoms with Gasteiger partial charge in [-0.25, -0.2) is 4.98 Å². The second-order valence-electron chi connectivity index (χ2n) is 4.54. The fraction of sp³-hybridized carbons (Fsp3) is 0.0556. The second kappa shape index (κ2) is 5.57. The lowest BCUT2D eigenvalue weighted by molar-refractivity contribution is 0.415. The average molecular weight is 261 g/mol. The molecule has 1 heterocycles. The van der Waals surface area contributed by atoms with Gasteiger partial charge in [0.25, 0.3) is 0 Å². The maximum atomic E-state index is 5.23. The predicted molar refractivity (Wildman–Crippen MR) is 83.7 cm³/mol. The van der Waals surface area contributed by atoms with Gasteiger partial charge in [0.1, 0.15) is 5.75 Å². The number of pyridine rings is 1. The number of methoxy groups -OCH3 is 1. The van der Waals surface area contributed by atoms with E-state index in [1.165, 1.54) is 5.56 Å². The number of hydrogen-bond acceptors (Lipinski definition) is 2. The van der Waals surface area contributed by atoms with E-state index in [0.29, 0.717) is 0 Å². The van der Waals surface area contributed by atoms with Gasteiger partial charge in [0, 0.05) is 11.5 Å². The van der Waals surface area contributed by atoms with E-state index in [4.69, 9.17) is 4.74 Å². The summed E-state index contributed by atoms with van der Waals surface area (Å²) in [6, 6.07) is 20.2. The summed E-state index contributed by atoms with van der Waals surface area (Å²) in [7, 11) is 1.67. The van der Waals surface area contributed by atoms with Crippen molar-refractivity contribution in [3.63, 3.8) is 0 Å². The lowest BCUT2D eigenvalue weighted by atomic mass is 10.1. The minimum absolute atomic E-state index is 0.828. The Kier molecular flexibility index (Phi) is 3.46. The van der Waals surface area contributed by atoms with E-state index in [1.807, 2.05) is 48.5 Å². The van der Waals surface area contributed by atoms with Crippen molar-refractivity contribution in [3.05, 3.63) is 71.9 Å². The quantitative estimate of drug-likeness (QED) is 0.696. The average Bonchev–Trinajstić information content (AvgIpc) is 2.53. The molecule has 0 aliphatic carbocycles. The van der Waals surface area contributed by atoms with Gasteiger partial charge in [-0.2, -0.15) is 0 Å². The highest BCUT2D eigenvalue weighted by atomic mass is 16.5. The SMILES string of the molecule is COc1ccc2ccc(/C=C/c3ccccc3)nc2c1. The Bertz CT molecular complexity index is 748. The van der Waals surface area contributed by atoms with Gasteiger partial charge in [-0.1, -0.05) is 42.5 Å². The zero-order valence-corrected chi connectivity index (χ0v) is 11.3. The third-order valence-corrected chi connectivity index (χ3v) is 3.17. The van der Waals surface area contributed by atoms with E-state index >= 15 is 0 Å². The van der Waals surface area contributed by atoms with Crippen LogP contribution in [0.3, 0.4) is 0 Å². The molecule has 0 amide bonds. The molecule has 0 fully saturated rings. The molecule has 0 N–H and O–H groups in total. The molecular formula is C18H15NO. The smallest absolute Gasteiger partial charge is 0.121 e. The van der Waals surface area contributed by atoms with Gasteiger partial charge < -0.3 is 4.74 Å². The Labute approximate surface area is 118 Å². The summed E-state index contributed by atoms with van der Waals surface area (Å²) in [5.41, 5.74) is 3.05. The van der Waals surface area contributed by atoms with Gasteiger partial charge in [0.15, 0.2) is 0 Å². The van der Waals surface area contributed by atoms with Gasteiger partial charge in [0.2, 0.25) is 0 Å². The van der Waals surface area contributed by atoms with Crippen molar-refractivity contribution < 1.29 is 4.74 Å². The van der Waals surface area contributed by atoms with Gasteiger partial charge >= 0.3 is 0 Å². The van der Waals surface area contributed by atoms with Crippen molar-refractivity contribution in [2.24, 2.45) is 0 Å². The maximum absolute atomic E-state index is 5.23. The Balaban J connectivity index is 1.94. The first-order chi connectivity index (χ1) is 9.85. The molecular weight excluding hydrogens is 246 g/mol. The number of aromatic nitrogens is 1. The minimum atomic E-state index is 0.828. The molecule has 2 nitrogen and oxygen atoms in total. The maximum Gasteiger partial charge on any atom is 0.121 e. The molecule has 2 aromatic carbocycles. The molecule has 20 heavy (non-hydrogen) atoms. The zero-order valence-electron chi connectivity index (χ0n) is 11.3. The molecule has 0 aliphatic rings. The summed E-state index contributed by atoms with van der Waals surface area (Å²) in [6.07, 6.45) is 4.09. The molecule has 1 aromatic heterocycles. The summed E-state index contributed by atoms with van der Waals surface area (Å²) < 4.78 is 5.23. The number of fused-ring (bicyclic) bond motifs is 1. The van der Waals surface area contributed by atoms with Crippen LogP contribution in [0.2, 0.25) is 0 Å². The van der Waals surface area contributed by atoms with Crippen molar-refractivity contribution in [1.29, 1.82) is 0 Å². The van der Waals surface area contributed by atoms with Gasteiger partial charge in [-0.15, -0.1) is 0 Å². The second-order valence-corrected chi connectivity index (χ2v) is 4.54. The summed E-state index contributed by atoms with van der Waals surface area (Å²) in [5.74, 6) is 0.828. The molecule has 2 heteroatoms. The van der Waals surface area contributed by atoms with Crippen molar-refractivity contribution in [2.45, 2.75) is 0 Å². The molecule has 3 aromatic rings. The van der Waals surface area contributed by atoms with E-state index in [9.17, 15) is 0 Å². The molecule has 0 atom stereocenters. The van der Waals surface area contributed by atoms with Gasteiger partial charge in [-0.05, 0) is 29.8 Å². The first kappa shape index (κ1) is 12.4. The van der Waals surface area contributed by atoms with Crippen LogP contribution >= 0.6 is 0 Å². The normalized spacial score (nSPS) is 11.1. The van der Waals surface area contributed by atoms with E-state index in [2.05, 4.69) is 29.3 Å². The van der Waals surface area contributed by atoms with E-state index in [-0.39, 0.29) is 0 Å². The number of rotatable bonds is 3. The van der Waals surface area contributed by atoms with Crippen molar-refractivity contribution in [2.75, 3.05) is 7.11 Å². The number of nitrogens with zero attached hydrogens (tertiary/aromatic N) is 1. The Hall–Kier alpha value is -2.61. The molecule has 98 valence electrons. The summed E-state index contributed by atoms with van der Waals surface area (Å²) in [4.78, 5) is 4.63. The largest absolute Gasteiger partial charge is 0.497 e. The molecule has 0 unspecified atom stereocenters. The van der Waals surface area contributed by atoms with Crippen LogP contribution in [-0.4, -0.2) is 12.1 Å². The lowest BCUT2D eigenvalue weighted by Crippen LogP contribution is -1.86. The number of hydrogen-bond donors (Lipinski definition) is 0. The lowest BCUT2D eigenvalue weighted by Gasteiger charge is -2.02. The fourth-order valence-electron chi connectivity index (χ4n) is 2.08. The summed E-state index contributed by atoms with van der Waals surface area (Å²) in [5, 5.41) is 1.11. The fourth-order valence-corrected chi connectivity index (χ4v) is 2.08. The van der Waals surface area contributed by atoms with Crippen molar-refractivity contribution in [3.8, 4) is 5.75 Å². The topological polar surface area (TPSA) is 22.1 Å². The monoisotopic (exact) mass is 261 g/mol. The third-order valence-electron chi connectivity index (χ3n) is 3.17. The summed E-state index contributed by atoms with van der Waals surface area (Å²) >= 11 is 0. The van der Waals surface area contributed by atoms with E-state index < -0.39 is 0 Å². The van der Waals surface area contributed by atoms with Crippen LogP contribution in [0.25, 0.3) is 23.1 Å². The highest BCUT2D eigenvalue weighted by molar-refractivity contribution is 5.82. The number of ether oxygens (including phenoxy) is 1. The molecule has 0 saturated heterocycles. The highest BCUT2D eigenvalue weighted by Crippen LogP contribution is 2.20. The predicted octanol–water partition coefficient (Wildman–Crippen LogP) is 4.41. The van der Waals surface area contributed by atoms with Crippen molar-refractivity contribution in [1.82, 2.24) is 4.98 Å². The van der Waals surface area contributed by atoms with E-state index in [0.717, 1.165) is 22.3 Å². The van der Waals surface area contributed by atoms with Crippen LogP contribution in [0.4, 0.5) is 0 Å². The standard InChI is InChI=1S/C18H15NO/c1-20-17-12-9-15-8-11-16(19-18(15)13-17)10-7-14-5-3-2-4-6-14/h2-13H,1H3/b10-7+. The van der Waals surface area contributed by atoms with Crippen LogP contribution in [-0.2, 0) is 0 Å². The molecule has 0 saturated carbocycles. The first-order valence-electron chi connectivity index (χ1n) is 6.53. The molecule has 0 spiro atoms. The van der Waals surface area contributed by atoms with Gasteiger partial charge in [0.05, 0.1) is 18.3 Å². The molecule has 0 aliphatic heterocycles.